The number of nitrogens with one attached hydrogen (secondary N) is 1. The molecular formula is C11H25NOS. The maximum absolute atomic E-state index is 5.05. The molecule has 0 aliphatic rings. The zero-order valence-electron chi connectivity index (χ0n) is 10.0. The second-order valence-electron chi connectivity index (χ2n) is 3.54. The van der Waals surface area contributed by atoms with Crippen molar-refractivity contribution in [3.63, 3.8) is 0 Å². The summed E-state index contributed by atoms with van der Waals surface area (Å²) >= 11 is 2.00. The Hall–Kier alpha value is 0.270. The SMILES string of the molecule is CCCNC(CC)C(C)SCCOC. The third-order valence-electron chi connectivity index (χ3n) is 2.33. The molecule has 86 valence electrons. The van der Waals surface area contributed by atoms with Crippen LogP contribution in [0.1, 0.15) is 33.6 Å². The van der Waals surface area contributed by atoms with Crippen molar-refractivity contribution in [2.45, 2.75) is 44.9 Å². The normalized spacial score (nSPS) is 15.4. The topological polar surface area (TPSA) is 21.3 Å². The van der Waals surface area contributed by atoms with E-state index in [1.54, 1.807) is 7.11 Å². The van der Waals surface area contributed by atoms with E-state index in [0.717, 1.165) is 18.9 Å². The summed E-state index contributed by atoms with van der Waals surface area (Å²) in [5.74, 6) is 1.10. The number of rotatable bonds is 9. The van der Waals surface area contributed by atoms with Crippen LogP contribution in [0.4, 0.5) is 0 Å². The zero-order valence-corrected chi connectivity index (χ0v) is 10.8. The molecule has 1 N–H and O–H groups in total. The Kier molecular flexibility index (Phi) is 10.0. The molecule has 2 atom stereocenters. The molecule has 2 unspecified atom stereocenters. The van der Waals surface area contributed by atoms with Gasteiger partial charge in [-0.3, -0.25) is 0 Å². The van der Waals surface area contributed by atoms with Gasteiger partial charge in [0.1, 0.15) is 0 Å². The van der Waals surface area contributed by atoms with E-state index in [4.69, 9.17) is 4.74 Å². The largest absolute Gasteiger partial charge is 0.384 e. The van der Waals surface area contributed by atoms with Crippen molar-refractivity contribution in [1.82, 2.24) is 5.32 Å². The molecule has 0 rings (SSSR count). The first-order valence-electron chi connectivity index (χ1n) is 5.60. The van der Waals surface area contributed by atoms with E-state index >= 15 is 0 Å². The molecule has 0 saturated heterocycles. The van der Waals surface area contributed by atoms with E-state index in [1.807, 2.05) is 11.8 Å². The first kappa shape index (κ1) is 14.3. The summed E-state index contributed by atoms with van der Waals surface area (Å²) in [4.78, 5) is 0. The van der Waals surface area contributed by atoms with E-state index in [1.165, 1.54) is 12.8 Å². The molecule has 0 spiro atoms. The van der Waals surface area contributed by atoms with Crippen molar-refractivity contribution in [2.24, 2.45) is 0 Å². The Bertz CT molecular complexity index is 122. The molecule has 0 fully saturated rings. The quantitative estimate of drug-likeness (QED) is 0.602. The highest BCUT2D eigenvalue weighted by atomic mass is 32.2. The van der Waals surface area contributed by atoms with Gasteiger partial charge in [0.2, 0.25) is 0 Å². The monoisotopic (exact) mass is 219 g/mol. The van der Waals surface area contributed by atoms with Crippen molar-refractivity contribution in [3.05, 3.63) is 0 Å². The highest BCUT2D eigenvalue weighted by Gasteiger charge is 2.14. The van der Waals surface area contributed by atoms with E-state index in [2.05, 4.69) is 26.1 Å². The summed E-state index contributed by atoms with van der Waals surface area (Å²) in [6.45, 7) is 8.76. The molecule has 0 saturated carbocycles. The Balaban J connectivity index is 3.61. The summed E-state index contributed by atoms with van der Waals surface area (Å²) < 4.78 is 5.05. The lowest BCUT2D eigenvalue weighted by molar-refractivity contribution is 0.218. The molecule has 14 heavy (non-hydrogen) atoms. The number of methoxy groups -OCH3 is 1. The van der Waals surface area contributed by atoms with Crippen molar-refractivity contribution >= 4 is 11.8 Å². The van der Waals surface area contributed by atoms with Crippen LogP contribution in [0.5, 0.6) is 0 Å². The lowest BCUT2D eigenvalue weighted by Gasteiger charge is -2.23. The van der Waals surface area contributed by atoms with E-state index < -0.39 is 0 Å². The third kappa shape index (κ3) is 6.68. The van der Waals surface area contributed by atoms with Crippen LogP contribution in [0.2, 0.25) is 0 Å². The molecule has 0 aromatic rings. The molecule has 0 radical (unpaired) electrons. The van der Waals surface area contributed by atoms with Gasteiger partial charge in [0.05, 0.1) is 6.61 Å². The van der Waals surface area contributed by atoms with E-state index in [-0.39, 0.29) is 0 Å². The van der Waals surface area contributed by atoms with Crippen molar-refractivity contribution in [2.75, 3.05) is 26.0 Å². The standard InChI is InChI=1S/C11H25NOS/c1-5-7-12-11(6-2)10(3)14-9-8-13-4/h10-12H,5-9H2,1-4H3. The van der Waals surface area contributed by atoms with Gasteiger partial charge in [-0.1, -0.05) is 20.8 Å². The number of hydrogen-bond donors (Lipinski definition) is 1. The molecule has 0 aliphatic carbocycles. The van der Waals surface area contributed by atoms with Gasteiger partial charge in [-0.05, 0) is 19.4 Å². The predicted octanol–water partition coefficient (Wildman–Crippen LogP) is 2.53. The Morgan fingerprint density at radius 3 is 2.57 bits per heavy atom. The van der Waals surface area contributed by atoms with Crippen LogP contribution in [0.15, 0.2) is 0 Å². The predicted molar refractivity (Wildman–Crippen MR) is 66.2 cm³/mol. The van der Waals surface area contributed by atoms with Crippen LogP contribution in [0, 0.1) is 0 Å². The van der Waals surface area contributed by atoms with Gasteiger partial charge in [-0.25, -0.2) is 0 Å². The summed E-state index contributed by atoms with van der Waals surface area (Å²) in [7, 11) is 1.76. The highest BCUT2D eigenvalue weighted by Crippen LogP contribution is 2.16. The molecule has 0 bridgehead atoms. The van der Waals surface area contributed by atoms with Gasteiger partial charge in [-0.15, -0.1) is 0 Å². The van der Waals surface area contributed by atoms with Gasteiger partial charge in [0, 0.05) is 24.2 Å². The van der Waals surface area contributed by atoms with E-state index in [0.29, 0.717) is 11.3 Å². The van der Waals surface area contributed by atoms with E-state index in [9.17, 15) is 0 Å². The van der Waals surface area contributed by atoms with Crippen molar-refractivity contribution < 1.29 is 4.74 Å². The van der Waals surface area contributed by atoms with Gasteiger partial charge in [0.15, 0.2) is 0 Å². The molecule has 0 aliphatic heterocycles. The molecule has 2 nitrogen and oxygen atoms in total. The van der Waals surface area contributed by atoms with Crippen LogP contribution in [-0.4, -0.2) is 37.3 Å². The van der Waals surface area contributed by atoms with Crippen LogP contribution in [-0.2, 0) is 4.74 Å². The Morgan fingerprint density at radius 1 is 1.36 bits per heavy atom. The zero-order chi connectivity index (χ0) is 10.8. The minimum absolute atomic E-state index is 0.650. The average Bonchev–Trinajstić information content (AvgIpc) is 2.19. The van der Waals surface area contributed by atoms with Gasteiger partial charge < -0.3 is 10.1 Å². The molecule has 3 heteroatoms. The summed E-state index contributed by atoms with van der Waals surface area (Å²) in [6.07, 6.45) is 2.42. The molecular weight excluding hydrogens is 194 g/mol. The van der Waals surface area contributed by atoms with Crippen LogP contribution in [0.25, 0.3) is 0 Å². The average molecular weight is 219 g/mol. The molecule has 0 aromatic carbocycles. The Labute approximate surface area is 93.2 Å². The molecule has 0 aromatic heterocycles. The van der Waals surface area contributed by atoms with Crippen LogP contribution in [0.3, 0.4) is 0 Å². The van der Waals surface area contributed by atoms with Gasteiger partial charge in [0.25, 0.3) is 0 Å². The fourth-order valence-electron chi connectivity index (χ4n) is 1.41. The summed E-state index contributed by atoms with van der Waals surface area (Å²) in [5, 5.41) is 4.27. The lowest BCUT2D eigenvalue weighted by atomic mass is 10.1. The minimum atomic E-state index is 0.650. The van der Waals surface area contributed by atoms with Crippen molar-refractivity contribution in [1.29, 1.82) is 0 Å². The summed E-state index contributed by atoms with van der Waals surface area (Å²) in [5.41, 5.74) is 0. The maximum Gasteiger partial charge on any atom is 0.0553 e. The lowest BCUT2D eigenvalue weighted by Crippen LogP contribution is -2.36. The first-order valence-corrected chi connectivity index (χ1v) is 6.65. The molecule has 0 heterocycles. The van der Waals surface area contributed by atoms with Crippen LogP contribution >= 0.6 is 11.8 Å². The fourth-order valence-corrected chi connectivity index (χ4v) is 2.56. The highest BCUT2D eigenvalue weighted by molar-refractivity contribution is 7.99. The Morgan fingerprint density at radius 2 is 2.07 bits per heavy atom. The molecule has 0 amide bonds. The smallest absolute Gasteiger partial charge is 0.0553 e. The number of hydrogen-bond acceptors (Lipinski definition) is 3. The second kappa shape index (κ2) is 9.81. The fraction of sp³-hybridized carbons (Fsp3) is 1.00. The van der Waals surface area contributed by atoms with Crippen LogP contribution < -0.4 is 5.32 Å². The van der Waals surface area contributed by atoms with Gasteiger partial charge in [-0.2, -0.15) is 11.8 Å². The first-order chi connectivity index (χ1) is 6.76. The number of ether oxygens (including phenoxy) is 1. The second-order valence-corrected chi connectivity index (χ2v) is 5.02. The van der Waals surface area contributed by atoms with Crippen molar-refractivity contribution in [3.8, 4) is 0 Å². The minimum Gasteiger partial charge on any atom is -0.384 e. The summed E-state index contributed by atoms with van der Waals surface area (Å²) in [6, 6.07) is 0.650. The van der Waals surface area contributed by atoms with Gasteiger partial charge >= 0.3 is 0 Å². The maximum atomic E-state index is 5.05. The third-order valence-corrected chi connectivity index (χ3v) is 3.59. The number of thioether (sulfide) groups is 1.